The van der Waals surface area contributed by atoms with E-state index in [1.807, 2.05) is 6.07 Å². The zero-order chi connectivity index (χ0) is 10.1. The van der Waals surface area contributed by atoms with Crippen LogP contribution in [0.15, 0.2) is 17.5 Å². The number of benzene rings is 1. The fourth-order valence-electron chi connectivity index (χ4n) is 1.37. The number of carbonyl (C=O) groups excluding carboxylic acids is 1. The maximum Gasteiger partial charge on any atom is 0.154 e. The summed E-state index contributed by atoms with van der Waals surface area (Å²) in [6.07, 6.45) is 0.535. The minimum absolute atomic E-state index is 0.107. The van der Waals surface area contributed by atoms with E-state index in [1.165, 1.54) is 24.5 Å². The first-order valence-electron chi connectivity index (χ1n) is 3.96. The predicted octanol–water partition coefficient (Wildman–Crippen LogP) is 2.86. The molecule has 0 aliphatic heterocycles. The fourth-order valence-corrected chi connectivity index (χ4v) is 2.28. The van der Waals surface area contributed by atoms with Crippen molar-refractivity contribution in [3.8, 4) is 5.75 Å². The van der Waals surface area contributed by atoms with Crippen molar-refractivity contribution in [1.82, 2.24) is 0 Å². The Kier molecular flexibility index (Phi) is 2.21. The van der Waals surface area contributed by atoms with Gasteiger partial charge in [-0.25, -0.2) is 4.39 Å². The van der Waals surface area contributed by atoms with Crippen LogP contribution in [0.1, 0.15) is 10.4 Å². The van der Waals surface area contributed by atoms with Crippen LogP contribution in [0.4, 0.5) is 4.39 Å². The van der Waals surface area contributed by atoms with E-state index in [0.29, 0.717) is 16.7 Å². The molecule has 2 nitrogen and oxygen atoms in total. The first-order chi connectivity index (χ1) is 6.77. The lowest BCUT2D eigenvalue weighted by molar-refractivity contribution is 0.112. The fraction of sp³-hybridized carbons (Fsp3) is 0.100. The van der Waals surface area contributed by atoms with Crippen molar-refractivity contribution in [3.05, 3.63) is 28.9 Å². The molecule has 0 saturated heterocycles. The molecule has 2 aromatic rings. The van der Waals surface area contributed by atoms with E-state index in [-0.39, 0.29) is 5.56 Å². The molecule has 1 aromatic heterocycles. The van der Waals surface area contributed by atoms with E-state index in [9.17, 15) is 9.18 Å². The topological polar surface area (TPSA) is 26.3 Å². The third-order valence-corrected chi connectivity index (χ3v) is 2.98. The molecular formula is C10H7FO2S. The van der Waals surface area contributed by atoms with Crippen molar-refractivity contribution in [2.24, 2.45) is 0 Å². The second kappa shape index (κ2) is 3.38. The van der Waals surface area contributed by atoms with E-state index in [0.717, 1.165) is 5.39 Å². The third kappa shape index (κ3) is 1.19. The van der Waals surface area contributed by atoms with Gasteiger partial charge in [-0.2, -0.15) is 0 Å². The van der Waals surface area contributed by atoms with Crippen LogP contribution in [0.5, 0.6) is 5.75 Å². The second-order valence-corrected chi connectivity index (χ2v) is 3.67. The van der Waals surface area contributed by atoms with Crippen LogP contribution >= 0.6 is 11.3 Å². The van der Waals surface area contributed by atoms with Crippen LogP contribution in [0.25, 0.3) is 10.1 Å². The maximum atomic E-state index is 13.3. The number of fused-ring (bicyclic) bond motifs is 1. The van der Waals surface area contributed by atoms with Crippen molar-refractivity contribution in [1.29, 1.82) is 0 Å². The second-order valence-electron chi connectivity index (χ2n) is 2.76. The number of aldehydes is 1. The molecule has 0 atom stereocenters. The lowest BCUT2D eigenvalue weighted by Gasteiger charge is -2.03. The van der Waals surface area contributed by atoms with Crippen LogP contribution in [0.3, 0.4) is 0 Å². The van der Waals surface area contributed by atoms with Crippen LogP contribution < -0.4 is 4.74 Å². The first-order valence-corrected chi connectivity index (χ1v) is 4.84. The summed E-state index contributed by atoms with van der Waals surface area (Å²) in [7, 11) is 1.48. The van der Waals surface area contributed by atoms with Gasteiger partial charge in [0, 0.05) is 11.5 Å². The van der Waals surface area contributed by atoms with Crippen LogP contribution in [-0.4, -0.2) is 13.4 Å². The van der Waals surface area contributed by atoms with Crippen LogP contribution in [0, 0.1) is 5.82 Å². The molecule has 0 aliphatic rings. The number of halogens is 1. The van der Waals surface area contributed by atoms with Crippen LogP contribution in [-0.2, 0) is 0 Å². The van der Waals surface area contributed by atoms with E-state index in [4.69, 9.17) is 4.74 Å². The SMILES string of the molecule is COc1cc(F)c(C=O)c2sccc12. The zero-order valence-corrected chi connectivity index (χ0v) is 8.23. The maximum absolute atomic E-state index is 13.3. The summed E-state index contributed by atoms with van der Waals surface area (Å²) in [5, 5.41) is 2.58. The Labute approximate surface area is 83.9 Å². The molecule has 0 radical (unpaired) electrons. The highest BCUT2D eigenvalue weighted by Gasteiger charge is 2.12. The average molecular weight is 210 g/mol. The van der Waals surface area contributed by atoms with Gasteiger partial charge >= 0.3 is 0 Å². The van der Waals surface area contributed by atoms with Crippen molar-refractivity contribution in [2.45, 2.75) is 0 Å². The van der Waals surface area contributed by atoms with Crippen molar-refractivity contribution in [2.75, 3.05) is 7.11 Å². The highest BCUT2D eigenvalue weighted by atomic mass is 32.1. The van der Waals surface area contributed by atoms with Gasteiger partial charge in [0.25, 0.3) is 0 Å². The first kappa shape index (κ1) is 9.15. The van der Waals surface area contributed by atoms with E-state index in [2.05, 4.69) is 0 Å². The predicted molar refractivity (Wildman–Crippen MR) is 53.7 cm³/mol. The molecule has 0 amide bonds. The standard InChI is InChI=1S/C10H7FO2S/c1-13-9-4-8(11)7(5-12)10-6(9)2-3-14-10/h2-5H,1H3. The lowest BCUT2D eigenvalue weighted by atomic mass is 10.1. The van der Waals surface area contributed by atoms with Gasteiger partial charge in [-0.3, -0.25) is 4.79 Å². The van der Waals surface area contributed by atoms with Gasteiger partial charge < -0.3 is 4.74 Å². The summed E-state index contributed by atoms with van der Waals surface area (Å²) in [6.45, 7) is 0. The number of carbonyl (C=O) groups is 1. The van der Waals surface area contributed by atoms with Gasteiger partial charge in [-0.15, -0.1) is 11.3 Å². The molecule has 1 heterocycles. The molecule has 14 heavy (non-hydrogen) atoms. The Hall–Kier alpha value is -1.42. The smallest absolute Gasteiger partial charge is 0.154 e. The number of methoxy groups -OCH3 is 1. The summed E-state index contributed by atoms with van der Waals surface area (Å²) < 4.78 is 19.0. The number of hydrogen-bond acceptors (Lipinski definition) is 3. The lowest BCUT2D eigenvalue weighted by Crippen LogP contribution is -1.91. The molecule has 0 fully saturated rings. The zero-order valence-electron chi connectivity index (χ0n) is 7.41. The highest BCUT2D eigenvalue weighted by molar-refractivity contribution is 7.17. The number of thiophene rings is 1. The van der Waals surface area contributed by atoms with Gasteiger partial charge in [-0.05, 0) is 11.4 Å². The van der Waals surface area contributed by atoms with Gasteiger partial charge in [0.1, 0.15) is 11.6 Å². The van der Waals surface area contributed by atoms with E-state index < -0.39 is 5.82 Å². The molecule has 0 spiro atoms. The monoisotopic (exact) mass is 210 g/mol. The molecule has 0 saturated carbocycles. The summed E-state index contributed by atoms with van der Waals surface area (Å²) in [5.41, 5.74) is 0.107. The Morgan fingerprint density at radius 1 is 1.57 bits per heavy atom. The van der Waals surface area contributed by atoms with Gasteiger partial charge in [-0.1, -0.05) is 0 Å². The molecular weight excluding hydrogens is 203 g/mol. The van der Waals surface area contributed by atoms with Gasteiger partial charge in [0.05, 0.1) is 17.4 Å². The van der Waals surface area contributed by atoms with Crippen LogP contribution in [0.2, 0.25) is 0 Å². The Morgan fingerprint density at radius 3 is 3.00 bits per heavy atom. The Bertz CT molecular complexity index is 490. The molecule has 1 aromatic carbocycles. The largest absolute Gasteiger partial charge is 0.496 e. The van der Waals surface area contributed by atoms with E-state index in [1.54, 1.807) is 5.38 Å². The summed E-state index contributed by atoms with van der Waals surface area (Å²) in [6, 6.07) is 3.05. The normalized spacial score (nSPS) is 10.4. The molecule has 0 unspecified atom stereocenters. The van der Waals surface area contributed by atoms with Crippen molar-refractivity contribution >= 4 is 27.7 Å². The minimum Gasteiger partial charge on any atom is -0.496 e. The Morgan fingerprint density at radius 2 is 2.36 bits per heavy atom. The third-order valence-electron chi connectivity index (χ3n) is 2.03. The van der Waals surface area contributed by atoms with Crippen molar-refractivity contribution < 1.29 is 13.9 Å². The van der Waals surface area contributed by atoms with Gasteiger partial charge in [0.15, 0.2) is 6.29 Å². The summed E-state index contributed by atoms with van der Waals surface area (Å²) >= 11 is 1.33. The Balaban J connectivity index is 2.88. The molecule has 0 aliphatic carbocycles. The molecule has 4 heteroatoms. The summed E-state index contributed by atoms with van der Waals surface area (Å²) in [4.78, 5) is 10.7. The molecule has 0 N–H and O–H groups in total. The average Bonchev–Trinajstić information content (AvgIpc) is 2.65. The van der Waals surface area contributed by atoms with Gasteiger partial charge in [0.2, 0.25) is 0 Å². The highest BCUT2D eigenvalue weighted by Crippen LogP contribution is 2.33. The summed E-state index contributed by atoms with van der Waals surface area (Å²) in [5.74, 6) is -0.0730. The number of ether oxygens (including phenoxy) is 1. The number of rotatable bonds is 2. The quantitative estimate of drug-likeness (QED) is 0.712. The molecule has 2 rings (SSSR count). The molecule has 0 bridgehead atoms. The van der Waals surface area contributed by atoms with E-state index >= 15 is 0 Å². The number of hydrogen-bond donors (Lipinski definition) is 0. The minimum atomic E-state index is -0.535. The van der Waals surface area contributed by atoms with Crippen molar-refractivity contribution in [3.63, 3.8) is 0 Å². The molecule has 72 valence electrons.